The fourth-order valence-corrected chi connectivity index (χ4v) is 2.16. The molecule has 0 aliphatic heterocycles. The minimum Gasteiger partial charge on any atom is -0.474 e. The van der Waals surface area contributed by atoms with Gasteiger partial charge in [0.1, 0.15) is 6.10 Å². The number of aryl methyl sites for hydroxylation is 1. The SMILES string of the molecule is Cc1cnc(N)nc1OC1CCCCC1C. The molecule has 0 amide bonds. The van der Waals surface area contributed by atoms with Crippen molar-refractivity contribution in [1.82, 2.24) is 9.97 Å². The molecule has 0 spiro atoms. The van der Waals surface area contributed by atoms with Crippen LogP contribution in [0.4, 0.5) is 5.95 Å². The van der Waals surface area contributed by atoms with E-state index < -0.39 is 0 Å². The molecule has 4 nitrogen and oxygen atoms in total. The zero-order valence-corrected chi connectivity index (χ0v) is 9.94. The zero-order chi connectivity index (χ0) is 11.5. The van der Waals surface area contributed by atoms with Gasteiger partial charge in [-0.1, -0.05) is 13.3 Å². The van der Waals surface area contributed by atoms with Crippen LogP contribution in [0.2, 0.25) is 0 Å². The molecule has 2 rings (SSSR count). The third-order valence-corrected chi connectivity index (χ3v) is 3.24. The van der Waals surface area contributed by atoms with Gasteiger partial charge in [0.2, 0.25) is 11.8 Å². The van der Waals surface area contributed by atoms with Crippen LogP contribution in [0.25, 0.3) is 0 Å². The fourth-order valence-electron chi connectivity index (χ4n) is 2.16. The summed E-state index contributed by atoms with van der Waals surface area (Å²) in [6.07, 6.45) is 6.90. The van der Waals surface area contributed by atoms with Crippen molar-refractivity contribution < 1.29 is 4.74 Å². The number of nitrogen functional groups attached to an aromatic ring is 1. The van der Waals surface area contributed by atoms with Gasteiger partial charge >= 0.3 is 0 Å². The standard InChI is InChI=1S/C12H19N3O/c1-8-5-3-4-6-10(8)16-11-9(2)7-14-12(13)15-11/h7-8,10H,3-6H2,1-2H3,(H2,13,14,15). The van der Waals surface area contributed by atoms with Crippen molar-refractivity contribution in [2.45, 2.75) is 45.6 Å². The summed E-state index contributed by atoms with van der Waals surface area (Å²) in [4.78, 5) is 8.08. The third kappa shape index (κ3) is 2.43. The molecule has 0 bridgehead atoms. The van der Waals surface area contributed by atoms with Crippen molar-refractivity contribution in [3.05, 3.63) is 11.8 Å². The Morgan fingerprint density at radius 1 is 1.38 bits per heavy atom. The van der Waals surface area contributed by atoms with Gasteiger partial charge in [-0.25, -0.2) is 4.98 Å². The van der Waals surface area contributed by atoms with Crippen LogP contribution in [-0.4, -0.2) is 16.1 Å². The third-order valence-electron chi connectivity index (χ3n) is 3.24. The second-order valence-corrected chi connectivity index (χ2v) is 4.63. The summed E-state index contributed by atoms with van der Waals surface area (Å²) < 4.78 is 5.95. The van der Waals surface area contributed by atoms with Gasteiger partial charge in [-0.15, -0.1) is 0 Å². The topological polar surface area (TPSA) is 61.0 Å². The Kier molecular flexibility index (Phi) is 3.27. The minimum atomic E-state index is 0.279. The number of hydrogen-bond donors (Lipinski definition) is 1. The lowest BCUT2D eigenvalue weighted by atomic mass is 9.88. The molecule has 0 saturated heterocycles. The van der Waals surface area contributed by atoms with Crippen LogP contribution < -0.4 is 10.5 Å². The van der Waals surface area contributed by atoms with E-state index in [2.05, 4.69) is 16.9 Å². The van der Waals surface area contributed by atoms with Gasteiger partial charge in [-0.2, -0.15) is 4.98 Å². The lowest BCUT2D eigenvalue weighted by Gasteiger charge is -2.29. The number of rotatable bonds is 2. The molecule has 2 N–H and O–H groups in total. The number of anilines is 1. The van der Waals surface area contributed by atoms with Crippen LogP contribution in [0, 0.1) is 12.8 Å². The van der Waals surface area contributed by atoms with Crippen LogP contribution in [0.1, 0.15) is 38.2 Å². The quantitative estimate of drug-likeness (QED) is 0.832. The highest BCUT2D eigenvalue weighted by atomic mass is 16.5. The van der Waals surface area contributed by atoms with Crippen LogP contribution in [0.3, 0.4) is 0 Å². The molecule has 4 heteroatoms. The van der Waals surface area contributed by atoms with Crippen LogP contribution in [0.15, 0.2) is 6.20 Å². The van der Waals surface area contributed by atoms with Gasteiger partial charge in [0.15, 0.2) is 0 Å². The predicted molar refractivity (Wildman–Crippen MR) is 63.2 cm³/mol. The molecule has 1 fully saturated rings. The summed E-state index contributed by atoms with van der Waals surface area (Å²) in [6.45, 7) is 4.19. The maximum Gasteiger partial charge on any atom is 0.223 e. The van der Waals surface area contributed by atoms with E-state index >= 15 is 0 Å². The molecule has 1 aliphatic carbocycles. The Hall–Kier alpha value is -1.32. The molecule has 0 radical (unpaired) electrons. The second-order valence-electron chi connectivity index (χ2n) is 4.63. The highest BCUT2D eigenvalue weighted by molar-refractivity contribution is 5.28. The number of hydrogen-bond acceptors (Lipinski definition) is 4. The minimum absolute atomic E-state index is 0.279. The molecule has 88 valence electrons. The number of ether oxygens (including phenoxy) is 1. The van der Waals surface area contributed by atoms with Crippen LogP contribution in [-0.2, 0) is 0 Å². The molecule has 1 heterocycles. The fraction of sp³-hybridized carbons (Fsp3) is 0.667. The Balaban J connectivity index is 2.10. The molecule has 1 aliphatic rings. The van der Waals surface area contributed by atoms with Gasteiger partial charge in [-0.05, 0) is 32.1 Å². The molecule has 1 saturated carbocycles. The van der Waals surface area contributed by atoms with Crippen LogP contribution >= 0.6 is 0 Å². The Morgan fingerprint density at radius 2 is 2.12 bits per heavy atom. The van der Waals surface area contributed by atoms with Crippen molar-refractivity contribution in [2.24, 2.45) is 5.92 Å². The number of aromatic nitrogens is 2. The largest absolute Gasteiger partial charge is 0.474 e. The Bertz CT molecular complexity index is 367. The molecule has 2 unspecified atom stereocenters. The van der Waals surface area contributed by atoms with Gasteiger partial charge in [0.25, 0.3) is 0 Å². The molecule has 16 heavy (non-hydrogen) atoms. The van der Waals surface area contributed by atoms with Crippen molar-refractivity contribution in [2.75, 3.05) is 5.73 Å². The summed E-state index contributed by atoms with van der Waals surface area (Å²) in [5.74, 6) is 1.53. The van der Waals surface area contributed by atoms with Crippen LogP contribution in [0.5, 0.6) is 5.88 Å². The normalized spacial score (nSPS) is 25.4. The van der Waals surface area contributed by atoms with E-state index in [9.17, 15) is 0 Å². The summed E-state index contributed by atoms with van der Waals surface area (Å²) in [5, 5.41) is 0. The molecule has 0 aromatic carbocycles. The monoisotopic (exact) mass is 221 g/mol. The number of nitrogens with zero attached hydrogens (tertiary/aromatic N) is 2. The van der Waals surface area contributed by atoms with E-state index in [-0.39, 0.29) is 12.1 Å². The van der Waals surface area contributed by atoms with E-state index in [0.29, 0.717) is 11.8 Å². The Morgan fingerprint density at radius 3 is 2.88 bits per heavy atom. The van der Waals surface area contributed by atoms with E-state index in [0.717, 1.165) is 12.0 Å². The maximum atomic E-state index is 5.95. The summed E-state index contributed by atoms with van der Waals surface area (Å²) >= 11 is 0. The maximum absolute atomic E-state index is 5.95. The lowest BCUT2D eigenvalue weighted by Crippen LogP contribution is -2.29. The highest BCUT2D eigenvalue weighted by Crippen LogP contribution is 2.28. The molecule has 1 aromatic rings. The van der Waals surface area contributed by atoms with Crippen molar-refractivity contribution in [3.63, 3.8) is 0 Å². The molecule has 1 aromatic heterocycles. The average molecular weight is 221 g/mol. The van der Waals surface area contributed by atoms with Gasteiger partial charge in [-0.3, -0.25) is 0 Å². The first-order chi connectivity index (χ1) is 7.66. The first-order valence-electron chi connectivity index (χ1n) is 5.92. The second kappa shape index (κ2) is 4.68. The average Bonchev–Trinajstić information content (AvgIpc) is 2.27. The molecule has 2 atom stereocenters. The predicted octanol–water partition coefficient (Wildman–Crippen LogP) is 2.32. The molecular formula is C12H19N3O. The zero-order valence-electron chi connectivity index (χ0n) is 9.94. The van der Waals surface area contributed by atoms with E-state index in [1.165, 1.54) is 19.3 Å². The van der Waals surface area contributed by atoms with E-state index in [4.69, 9.17) is 10.5 Å². The van der Waals surface area contributed by atoms with Crippen molar-refractivity contribution in [1.29, 1.82) is 0 Å². The van der Waals surface area contributed by atoms with Gasteiger partial charge in [0.05, 0.1) is 0 Å². The number of nitrogens with two attached hydrogens (primary N) is 1. The van der Waals surface area contributed by atoms with Gasteiger partial charge in [0, 0.05) is 11.8 Å². The summed E-state index contributed by atoms with van der Waals surface area (Å²) in [6, 6.07) is 0. The summed E-state index contributed by atoms with van der Waals surface area (Å²) in [5.41, 5.74) is 6.52. The molecular weight excluding hydrogens is 202 g/mol. The Labute approximate surface area is 96.2 Å². The first-order valence-corrected chi connectivity index (χ1v) is 5.92. The van der Waals surface area contributed by atoms with E-state index in [1.54, 1.807) is 6.20 Å². The van der Waals surface area contributed by atoms with E-state index in [1.807, 2.05) is 6.92 Å². The van der Waals surface area contributed by atoms with Crippen molar-refractivity contribution in [3.8, 4) is 5.88 Å². The lowest BCUT2D eigenvalue weighted by molar-refractivity contribution is 0.0968. The first kappa shape index (κ1) is 11.2. The highest BCUT2D eigenvalue weighted by Gasteiger charge is 2.23. The van der Waals surface area contributed by atoms with Gasteiger partial charge < -0.3 is 10.5 Å². The van der Waals surface area contributed by atoms with Crippen molar-refractivity contribution >= 4 is 5.95 Å². The summed E-state index contributed by atoms with van der Waals surface area (Å²) in [7, 11) is 0. The smallest absolute Gasteiger partial charge is 0.223 e.